The van der Waals surface area contributed by atoms with E-state index in [1.807, 2.05) is 13.8 Å². The minimum Gasteiger partial charge on any atom is -0.481 e. The molecule has 1 aliphatic carbocycles. The van der Waals surface area contributed by atoms with Crippen LogP contribution in [-0.2, 0) is 9.59 Å². The molecule has 1 saturated carbocycles. The Hall–Kier alpha value is -1.06. The highest BCUT2D eigenvalue weighted by molar-refractivity contribution is 5.77. The maximum Gasteiger partial charge on any atom is 0.305 e. The van der Waals surface area contributed by atoms with Crippen molar-refractivity contribution >= 4 is 11.9 Å². The summed E-state index contributed by atoms with van der Waals surface area (Å²) in [5, 5.41) is 11.7. The number of nitrogens with one attached hydrogen (secondary N) is 1. The van der Waals surface area contributed by atoms with E-state index in [4.69, 9.17) is 5.11 Å². The summed E-state index contributed by atoms with van der Waals surface area (Å²) < 4.78 is 0. The lowest BCUT2D eigenvalue weighted by Gasteiger charge is -2.22. The molecule has 20 heavy (non-hydrogen) atoms. The Bertz CT molecular complexity index is 309. The van der Waals surface area contributed by atoms with Crippen LogP contribution in [-0.4, -0.2) is 23.0 Å². The van der Waals surface area contributed by atoms with Crippen molar-refractivity contribution in [1.29, 1.82) is 0 Å². The molecule has 0 saturated heterocycles. The monoisotopic (exact) mass is 283 g/mol. The van der Waals surface area contributed by atoms with Crippen LogP contribution in [0.4, 0.5) is 0 Å². The highest BCUT2D eigenvalue weighted by atomic mass is 16.4. The van der Waals surface area contributed by atoms with Crippen LogP contribution in [0, 0.1) is 11.8 Å². The standard InChI is InChI=1S/C16H29NO3/c1-12(2)14(11-16(19)20)17-15(18)10-6-9-13-7-4-3-5-8-13/h12-14H,3-11H2,1-2H3,(H,17,18)(H,19,20). The first-order chi connectivity index (χ1) is 9.49. The van der Waals surface area contributed by atoms with Crippen LogP contribution >= 0.6 is 0 Å². The summed E-state index contributed by atoms with van der Waals surface area (Å²) in [4.78, 5) is 22.6. The lowest BCUT2D eigenvalue weighted by Crippen LogP contribution is -2.40. The van der Waals surface area contributed by atoms with Crippen molar-refractivity contribution < 1.29 is 14.7 Å². The normalized spacial score (nSPS) is 17.9. The Morgan fingerprint density at radius 3 is 2.40 bits per heavy atom. The Morgan fingerprint density at radius 1 is 1.20 bits per heavy atom. The Balaban J connectivity index is 2.21. The summed E-state index contributed by atoms with van der Waals surface area (Å²) in [6.45, 7) is 3.88. The zero-order chi connectivity index (χ0) is 15.0. The van der Waals surface area contributed by atoms with E-state index in [9.17, 15) is 9.59 Å². The smallest absolute Gasteiger partial charge is 0.305 e. The quantitative estimate of drug-likeness (QED) is 0.718. The van der Waals surface area contributed by atoms with E-state index in [1.165, 1.54) is 32.1 Å². The van der Waals surface area contributed by atoms with Crippen LogP contribution in [0.1, 0.15) is 71.6 Å². The number of carbonyl (C=O) groups is 2. The molecule has 0 aromatic rings. The van der Waals surface area contributed by atoms with Gasteiger partial charge in [0.1, 0.15) is 0 Å². The number of amides is 1. The van der Waals surface area contributed by atoms with Crippen LogP contribution in [0.2, 0.25) is 0 Å². The zero-order valence-electron chi connectivity index (χ0n) is 12.9. The van der Waals surface area contributed by atoms with Gasteiger partial charge in [0.15, 0.2) is 0 Å². The molecule has 1 unspecified atom stereocenters. The Morgan fingerprint density at radius 2 is 1.85 bits per heavy atom. The molecule has 4 nitrogen and oxygen atoms in total. The molecule has 1 amide bonds. The lowest BCUT2D eigenvalue weighted by molar-refractivity contribution is -0.138. The molecule has 116 valence electrons. The first kappa shape index (κ1) is 17.0. The molecule has 1 fully saturated rings. The Labute approximate surface area is 122 Å². The second kappa shape index (κ2) is 8.98. The van der Waals surface area contributed by atoms with Crippen molar-refractivity contribution in [3.63, 3.8) is 0 Å². The van der Waals surface area contributed by atoms with Gasteiger partial charge in [0.2, 0.25) is 5.91 Å². The van der Waals surface area contributed by atoms with Crippen LogP contribution in [0.25, 0.3) is 0 Å². The maximum atomic E-state index is 11.9. The predicted molar refractivity (Wildman–Crippen MR) is 79.4 cm³/mol. The van der Waals surface area contributed by atoms with Gasteiger partial charge in [-0.25, -0.2) is 0 Å². The van der Waals surface area contributed by atoms with Crippen molar-refractivity contribution in [3.05, 3.63) is 0 Å². The molecule has 0 heterocycles. The van der Waals surface area contributed by atoms with Crippen molar-refractivity contribution in [2.24, 2.45) is 11.8 Å². The van der Waals surface area contributed by atoms with Gasteiger partial charge in [-0.3, -0.25) is 9.59 Å². The fraction of sp³-hybridized carbons (Fsp3) is 0.875. The molecular weight excluding hydrogens is 254 g/mol. The molecule has 1 aliphatic rings. The number of carboxylic acid groups (broad SMARTS) is 1. The average Bonchev–Trinajstić information content (AvgIpc) is 2.38. The van der Waals surface area contributed by atoms with Crippen LogP contribution in [0.5, 0.6) is 0 Å². The van der Waals surface area contributed by atoms with Gasteiger partial charge >= 0.3 is 5.97 Å². The average molecular weight is 283 g/mol. The third-order valence-electron chi connectivity index (χ3n) is 4.29. The van der Waals surface area contributed by atoms with E-state index in [2.05, 4.69) is 5.32 Å². The van der Waals surface area contributed by atoms with Gasteiger partial charge in [-0.2, -0.15) is 0 Å². The van der Waals surface area contributed by atoms with Gasteiger partial charge in [0.05, 0.1) is 6.42 Å². The van der Waals surface area contributed by atoms with Gasteiger partial charge in [-0.15, -0.1) is 0 Å². The van der Waals surface area contributed by atoms with Gasteiger partial charge in [-0.1, -0.05) is 46.0 Å². The molecule has 1 rings (SSSR count). The second-order valence-corrected chi connectivity index (χ2v) is 6.41. The van der Waals surface area contributed by atoms with Crippen molar-refractivity contribution in [2.45, 2.75) is 77.7 Å². The fourth-order valence-electron chi connectivity index (χ4n) is 2.95. The number of hydrogen-bond acceptors (Lipinski definition) is 2. The minimum absolute atomic E-state index is 0.000703. The number of aliphatic carboxylic acids is 1. The third kappa shape index (κ3) is 6.92. The molecule has 0 aromatic heterocycles. The first-order valence-electron chi connectivity index (χ1n) is 8.00. The van der Waals surface area contributed by atoms with Crippen LogP contribution < -0.4 is 5.32 Å². The molecule has 0 spiro atoms. The number of carboxylic acids is 1. The van der Waals surface area contributed by atoms with E-state index in [1.54, 1.807) is 0 Å². The maximum absolute atomic E-state index is 11.9. The summed E-state index contributed by atoms with van der Waals surface area (Å²) in [5.41, 5.74) is 0. The zero-order valence-corrected chi connectivity index (χ0v) is 12.9. The molecular formula is C16H29NO3. The third-order valence-corrected chi connectivity index (χ3v) is 4.29. The lowest BCUT2D eigenvalue weighted by atomic mass is 9.86. The van der Waals surface area contributed by atoms with Crippen molar-refractivity contribution in [1.82, 2.24) is 5.32 Å². The van der Waals surface area contributed by atoms with Gasteiger partial charge < -0.3 is 10.4 Å². The fourth-order valence-corrected chi connectivity index (χ4v) is 2.95. The number of hydrogen-bond donors (Lipinski definition) is 2. The van der Waals surface area contributed by atoms with Gasteiger partial charge in [-0.05, 0) is 24.7 Å². The van der Waals surface area contributed by atoms with Crippen LogP contribution in [0.3, 0.4) is 0 Å². The first-order valence-corrected chi connectivity index (χ1v) is 8.00. The van der Waals surface area contributed by atoms with E-state index in [0.29, 0.717) is 6.42 Å². The second-order valence-electron chi connectivity index (χ2n) is 6.41. The molecule has 0 aliphatic heterocycles. The summed E-state index contributed by atoms with van der Waals surface area (Å²) in [5.74, 6) is 0.0943. The molecule has 2 N–H and O–H groups in total. The molecule has 1 atom stereocenters. The van der Waals surface area contributed by atoms with Crippen LogP contribution in [0.15, 0.2) is 0 Å². The highest BCUT2D eigenvalue weighted by Gasteiger charge is 2.19. The predicted octanol–water partition coefficient (Wildman–Crippen LogP) is 3.35. The molecule has 0 bridgehead atoms. The molecule has 0 radical (unpaired) electrons. The van der Waals surface area contributed by atoms with E-state index in [-0.39, 0.29) is 24.3 Å². The SMILES string of the molecule is CC(C)C(CC(=O)O)NC(=O)CCCC1CCCCC1. The minimum atomic E-state index is -0.855. The summed E-state index contributed by atoms with van der Waals surface area (Å²) >= 11 is 0. The number of carbonyl (C=O) groups excluding carboxylic acids is 1. The molecule has 0 aromatic carbocycles. The van der Waals surface area contributed by atoms with Gasteiger partial charge in [0.25, 0.3) is 0 Å². The van der Waals surface area contributed by atoms with E-state index < -0.39 is 5.97 Å². The number of rotatable bonds is 8. The van der Waals surface area contributed by atoms with Crippen molar-refractivity contribution in [3.8, 4) is 0 Å². The highest BCUT2D eigenvalue weighted by Crippen LogP contribution is 2.27. The van der Waals surface area contributed by atoms with Gasteiger partial charge in [0, 0.05) is 12.5 Å². The summed E-state index contributed by atoms with van der Waals surface area (Å²) in [6, 6.07) is -0.255. The molecule has 4 heteroatoms. The topological polar surface area (TPSA) is 66.4 Å². The Kier molecular flexibility index (Phi) is 7.63. The summed E-state index contributed by atoms with van der Waals surface area (Å²) in [7, 11) is 0. The van der Waals surface area contributed by atoms with Crippen molar-refractivity contribution in [2.75, 3.05) is 0 Å². The van der Waals surface area contributed by atoms with E-state index in [0.717, 1.165) is 18.8 Å². The summed E-state index contributed by atoms with van der Waals surface area (Å²) in [6.07, 6.45) is 9.26. The van der Waals surface area contributed by atoms with E-state index >= 15 is 0 Å². The largest absolute Gasteiger partial charge is 0.481 e.